The van der Waals surface area contributed by atoms with Crippen LogP contribution in [0.4, 0.5) is 0 Å². The Labute approximate surface area is 477 Å². The summed E-state index contributed by atoms with van der Waals surface area (Å²) in [6.45, 7) is 8.10. The SMILES string of the molecule is C=C(NC(=O)c1csc(-c2ccc3c(n2)-c2csc(n2)[C@@H]2CSC(=O)c4[nH]c5cccc(c5c4C)COC(=O)CC[C@@H](NC(=O)c4csc(n4)/C(=C/C)NC(=O)[C@H]([C@@H](C)O)NC(=O)c4csc-3n4)c3nc(cs3)C(=O)N2)n1)C(N)=O. The normalized spacial score (nSPS) is 18.4. The second-order valence-corrected chi connectivity index (χ2v) is 23.2. The van der Waals surface area contributed by atoms with Gasteiger partial charge < -0.3 is 47.1 Å². The fourth-order valence-electron chi connectivity index (χ4n) is 8.34. The number of aliphatic hydroxyl groups is 1. The van der Waals surface area contributed by atoms with E-state index >= 15 is 0 Å². The van der Waals surface area contributed by atoms with Crippen molar-refractivity contribution in [3.05, 3.63) is 130 Å². The number of fused-ring (bicyclic) bond motifs is 13. The number of cyclic esters (lactones) is 1. The molecule has 9 heterocycles. The van der Waals surface area contributed by atoms with E-state index in [9.17, 15) is 43.5 Å². The van der Waals surface area contributed by atoms with Gasteiger partial charge in [0, 0.05) is 55.5 Å². The summed E-state index contributed by atoms with van der Waals surface area (Å²) in [4.78, 5) is 140. The molecule has 0 saturated carbocycles. The number of thiazole rings is 5. The number of rotatable bonds is 5. The number of pyridine rings is 1. The van der Waals surface area contributed by atoms with Crippen LogP contribution in [0.15, 0.2) is 75.6 Å². The second-order valence-electron chi connectivity index (χ2n) is 17.8. The third-order valence-electron chi connectivity index (χ3n) is 12.4. The minimum Gasteiger partial charge on any atom is -0.461 e. The number of hydrogen-bond donors (Lipinski definition) is 8. The molecule has 9 N–H and O–H groups in total. The molecule has 6 amide bonds. The number of ether oxygens (including phenoxy) is 1. The molecule has 8 aromatic rings. The van der Waals surface area contributed by atoms with Crippen molar-refractivity contribution in [2.24, 2.45) is 5.73 Å². The molecule has 29 heteroatoms. The summed E-state index contributed by atoms with van der Waals surface area (Å²) in [5, 5.41) is 33.8. The summed E-state index contributed by atoms with van der Waals surface area (Å²) in [5.74, 6) is -5.18. The number of H-pyrrole nitrogens is 1. The molecule has 80 heavy (non-hydrogen) atoms. The van der Waals surface area contributed by atoms with Crippen molar-refractivity contribution in [3.8, 4) is 32.7 Å². The van der Waals surface area contributed by atoms with Crippen molar-refractivity contribution >= 4 is 132 Å². The predicted molar refractivity (Wildman–Crippen MR) is 302 cm³/mol. The summed E-state index contributed by atoms with van der Waals surface area (Å²) < 4.78 is 5.77. The molecule has 0 saturated heterocycles. The highest BCUT2D eigenvalue weighted by molar-refractivity contribution is 8.14. The lowest BCUT2D eigenvalue weighted by Gasteiger charge is -2.21. The smallest absolute Gasteiger partial charge is 0.306 e. The highest BCUT2D eigenvalue weighted by Gasteiger charge is 2.32. The summed E-state index contributed by atoms with van der Waals surface area (Å²) >= 11 is 6.35. The number of primary amides is 1. The lowest BCUT2D eigenvalue weighted by atomic mass is 10.1. The maximum atomic E-state index is 14.4. The molecule has 0 fully saturated rings. The van der Waals surface area contributed by atoms with E-state index in [0.29, 0.717) is 38.3 Å². The van der Waals surface area contributed by atoms with Crippen molar-refractivity contribution in [1.29, 1.82) is 0 Å². The Bertz CT molecular complexity index is 3890. The third kappa shape index (κ3) is 11.6. The number of aliphatic hydroxyl groups excluding tert-OH is 1. The molecule has 0 unspecified atom stereocenters. The Morgan fingerprint density at radius 3 is 2.17 bits per heavy atom. The first-order valence-corrected chi connectivity index (χ1v) is 29.4. The van der Waals surface area contributed by atoms with Gasteiger partial charge in [0.2, 0.25) is 11.0 Å². The zero-order chi connectivity index (χ0) is 56.5. The summed E-state index contributed by atoms with van der Waals surface area (Å²) in [5.41, 5.74) is 8.29. The largest absolute Gasteiger partial charge is 0.461 e. The zero-order valence-corrected chi connectivity index (χ0v) is 46.9. The molecule has 12 bridgehead atoms. The topological polar surface area (TPSA) is 345 Å². The van der Waals surface area contributed by atoms with Crippen LogP contribution in [-0.4, -0.2) is 104 Å². The minimum atomic E-state index is -1.50. The van der Waals surface area contributed by atoms with Crippen LogP contribution in [0.1, 0.15) is 117 Å². The molecule has 408 valence electrons. The van der Waals surface area contributed by atoms with E-state index < -0.39 is 65.6 Å². The zero-order valence-electron chi connectivity index (χ0n) is 42.0. The molecule has 10 rings (SSSR count). The number of thioether (sulfide) groups is 1. The van der Waals surface area contributed by atoms with Crippen LogP contribution in [0.25, 0.3) is 49.3 Å². The first kappa shape index (κ1) is 55.1. The molecule has 2 aliphatic rings. The Kier molecular flexibility index (Phi) is 16.0. The number of esters is 1. The average Bonchev–Trinajstić information content (AvgIpc) is 4.32. The van der Waals surface area contributed by atoms with Gasteiger partial charge in [0.25, 0.3) is 29.5 Å². The molecular formula is C51H43N13O10S6. The van der Waals surface area contributed by atoms with Gasteiger partial charge in [-0.1, -0.05) is 36.5 Å². The molecule has 2 aliphatic heterocycles. The van der Waals surface area contributed by atoms with Crippen LogP contribution >= 0.6 is 68.4 Å². The number of nitrogens with zero attached hydrogens (tertiary/aromatic N) is 6. The van der Waals surface area contributed by atoms with Gasteiger partial charge in [0.1, 0.15) is 71.9 Å². The van der Waals surface area contributed by atoms with Gasteiger partial charge in [-0.15, -0.1) is 56.7 Å². The highest BCUT2D eigenvalue weighted by atomic mass is 32.2. The van der Waals surface area contributed by atoms with E-state index in [4.69, 9.17) is 20.4 Å². The van der Waals surface area contributed by atoms with Crippen LogP contribution in [0, 0.1) is 6.92 Å². The van der Waals surface area contributed by atoms with Crippen LogP contribution in [-0.2, 0) is 25.7 Å². The molecule has 23 nitrogen and oxygen atoms in total. The van der Waals surface area contributed by atoms with E-state index in [0.717, 1.165) is 68.4 Å². The Balaban J connectivity index is 1.09. The highest BCUT2D eigenvalue weighted by Crippen LogP contribution is 2.38. The quantitative estimate of drug-likeness (QED) is 0.0701. The second kappa shape index (κ2) is 23.3. The molecule has 1 aromatic carbocycles. The summed E-state index contributed by atoms with van der Waals surface area (Å²) in [6.07, 6.45) is -0.0485. The number of carbonyl (C=O) groups excluding carboxylic acids is 8. The van der Waals surface area contributed by atoms with Gasteiger partial charge in [-0.25, -0.2) is 29.9 Å². The monoisotopic (exact) mass is 1190 g/mol. The average molecular weight is 1190 g/mol. The predicted octanol–water partition coefficient (Wildman–Crippen LogP) is 6.21. The number of amides is 6. The van der Waals surface area contributed by atoms with Gasteiger partial charge >= 0.3 is 5.97 Å². The number of nitrogens with two attached hydrogens (primary N) is 1. The fourth-order valence-corrected chi connectivity index (χ4v) is 13.5. The summed E-state index contributed by atoms with van der Waals surface area (Å²) in [7, 11) is 0. The van der Waals surface area contributed by atoms with Gasteiger partial charge in [-0.3, -0.25) is 38.4 Å². The van der Waals surface area contributed by atoms with Gasteiger partial charge in [0.15, 0.2) is 0 Å². The first-order valence-electron chi connectivity index (χ1n) is 24.0. The molecule has 0 radical (unpaired) electrons. The number of carbonyl (C=O) groups is 8. The van der Waals surface area contributed by atoms with Gasteiger partial charge in [0.05, 0.1) is 41.0 Å². The van der Waals surface area contributed by atoms with Crippen molar-refractivity contribution < 1.29 is 48.2 Å². The fraction of sp³-hybridized carbons (Fsp3) is 0.216. The van der Waals surface area contributed by atoms with E-state index in [2.05, 4.69) is 58.1 Å². The molecule has 7 aromatic heterocycles. The van der Waals surface area contributed by atoms with Crippen molar-refractivity contribution in [1.82, 2.24) is 61.5 Å². The van der Waals surface area contributed by atoms with E-state index in [-0.39, 0.29) is 102 Å². The Morgan fingerprint density at radius 2 is 1.44 bits per heavy atom. The van der Waals surface area contributed by atoms with Gasteiger partial charge in [-0.2, -0.15) is 0 Å². The van der Waals surface area contributed by atoms with Crippen molar-refractivity contribution in [2.75, 3.05) is 5.75 Å². The number of aromatic amines is 1. The molecular weight excluding hydrogens is 1150 g/mol. The molecule has 0 spiro atoms. The lowest BCUT2D eigenvalue weighted by molar-refractivity contribution is -0.145. The van der Waals surface area contributed by atoms with E-state index in [1.54, 1.807) is 43.5 Å². The number of nitrogens with one attached hydrogen (secondary N) is 6. The van der Waals surface area contributed by atoms with E-state index in [1.807, 2.05) is 6.07 Å². The Hall–Kier alpha value is -8.19. The van der Waals surface area contributed by atoms with Gasteiger partial charge in [-0.05, 0) is 56.5 Å². The van der Waals surface area contributed by atoms with Crippen LogP contribution in [0.2, 0.25) is 0 Å². The standard InChI is InChI=1S/C51H43N13O10S6/c1-5-25-47-61-31(17-77-47)42(69)57-28-11-12-35(66)74-13-23-7-6-8-26-36(23)20(2)37(54-26)51(73)80-19-34(58-43(70)32-18-79-49(28)63-32)50-59-29(14-76-50)39-24(46-60-33(15-75-46)44(71)64-38(22(4)65)45(72)56-25)9-10-27(55-39)48-62-30(16-78-48)41(68)53-21(3)40(52)67/h5-10,14-18,22,28,34,38,54,65H,3,11-13,19H2,1-2,4H3,(H2,52,67)(H,53,68)(H,56,72)(H,57,69)(H,58,70)(H,64,71)/b25-5-/t22-,28-,34+,38+/m1/s1. The lowest BCUT2D eigenvalue weighted by Crippen LogP contribution is -2.52. The summed E-state index contributed by atoms with van der Waals surface area (Å²) in [6, 6.07) is 5.32. The molecule has 0 aliphatic carbocycles. The number of allylic oxidation sites excluding steroid dienone is 1. The van der Waals surface area contributed by atoms with Crippen molar-refractivity contribution in [2.45, 2.75) is 64.4 Å². The molecule has 4 atom stereocenters. The Morgan fingerprint density at radius 1 is 0.787 bits per heavy atom. The first-order chi connectivity index (χ1) is 38.4. The number of benzene rings is 1. The maximum Gasteiger partial charge on any atom is 0.306 e. The maximum absolute atomic E-state index is 14.4. The number of aryl methyl sites for hydroxylation is 1. The number of aromatic nitrogens is 7. The van der Waals surface area contributed by atoms with Crippen LogP contribution in [0.5, 0.6) is 0 Å². The van der Waals surface area contributed by atoms with Crippen molar-refractivity contribution in [3.63, 3.8) is 0 Å². The third-order valence-corrected chi connectivity index (χ3v) is 17.9. The van der Waals surface area contributed by atoms with Crippen LogP contribution < -0.4 is 32.3 Å². The van der Waals surface area contributed by atoms with Crippen LogP contribution in [0.3, 0.4) is 0 Å². The van der Waals surface area contributed by atoms with E-state index in [1.165, 1.54) is 34.5 Å². The number of hydrogen-bond acceptors (Lipinski definition) is 22. The minimum absolute atomic E-state index is 0.00282.